The molecule has 1 aliphatic rings. The van der Waals surface area contributed by atoms with Gasteiger partial charge in [-0.25, -0.2) is 13.4 Å². The van der Waals surface area contributed by atoms with Gasteiger partial charge in [-0.3, -0.25) is 14.2 Å². The zero-order chi connectivity index (χ0) is 23.2. The van der Waals surface area contributed by atoms with E-state index in [-0.39, 0.29) is 29.0 Å². The maximum atomic E-state index is 13.2. The van der Waals surface area contributed by atoms with Gasteiger partial charge in [-0.1, -0.05) is 30.0 Å². The van der Waals surface area contributed by atoms with Gasteiger partial charge in [0.15, 0.2) is 15.0 Å². The van der Waals surface area contributed by atoms with Crippen LogP contribution in [0.3, 0.4) is 0 Å². The summed E-state index contributed by atoms with van der Waals surface area (Å²) in [5.41, 5.74) is 4.06. The van der Waals surface area contributed by atoms with Gasteiger partial charge in [0.25, 0.3) is 5.56 Å². The molecule has 3 heterocycles. The molecule has 1 amide bonds. The second kappa shape index (κ2) is 8.64. The number of sulfone groups is 1. The highest BCUT2D eigenvalue weighted by Gasteiger charge is 2.30. The summed E-state index contributed by atoms with van der Waals surface area (Å²) in [6.07, 6.45) is 0.435. The fraction of sp³-hybridized carbons (Fsp3) is 0.409. The fourth-order valence-corrected chi connectivity index (χ4v) is 7.26. The Labute approximate surface area is 195 Å². The number of aryl methyl sites for hydroxylation is 2. The number of thioether (sulfide) groups is 1. The lowest BCUT2D eigenvalue weighted by Crippen LogP contribution is -2.40. The standard InChI is InChI=1S/C22H25N3O4S3/c1-12-5-6-15(9-13(12)2)17-10-30-20-18(17)21(27)25(4)22(24-20)31-14(3)19(26)23-16-7-8-32(28,29)11-16/h5-6,9-10,14,16H,7-8,11H2,1-4H3,(H,23,26). The highest BCUT2D eigenvalue weighted by Crippen LogP contribution is 2.33. The lowest BCUT2D eigenvalue weighted by Gasteiger charge is -2.16. The van der Waals surface area contributed by atoms with E-state index in [0.717, 1.165) is 16.7 Å². The van der Waals surface area contributed by atoms with Crippen molar-refractivity contribution in [2.24, 2.45) is 7.05 Å². The van der Waals surface area contributed by atoms with Crippen molar-refractivity contribution in [3.05, 3.63) is 45.1 Å². The van der Waals surface area contributed by atoms with E-state index >= 15 is 0 Å². The molecular weight excluding hydrogens is 466 g/mol. The van der Waals surface area contributed by atoms with Crippen molar-refractivity contribution in [1.82, 2.24) is 14.9 Å². The molecule has 3 aromatic rings. The highest BCUT2D eigenvalue weighted by molar-refractivity contribution is 8.00. The summed E-state index contributed by atoms with van der Waals surface area (Å²) in [7, 11) is -1.41. The van der Waals surface area contributed by atoms with Crippen LogP contribution in [0.4, 0.5) is 0 Å². The van der Waals surface area contributed by atoms with Gasteiger partial charge in [-0.15, -0.1) is 11.3 Å². The Morgan fingerprint density at radius 3 is 2.72 bits per heavy atom. The summed E-state index contributed by atoms with van der Waals surface area (Å²) in [5.74, 6) is -0.170. The van der Waals surface area contributed by atoms with Crippen LogP contribution in [0.15, 0.2) is 33.5 Å². The molecule has 2 aromatic heterocycles. The average Bonchev–Trinajstić information content (AvgIpc) is 3.30. The van der Waals surface area contributed by atoms with Gasteiger partial charge in [-0.2, -0.15) is 0 Å². The van der Waals surface area contributed by atoms with Crippen LogP contribution in [0, 0.1) is 13.8 Å². The van der Waals surface area contributed by atoms with E-state index in [2.05, 4.69) is 23.3 Å². The monoisotopic (exact) mass is 491 g/mol. The zero-order valence-corrected chi connectivity index (χ0v) is 20.8. The van der Waals surface area contributed by atoms with Crippen LogP contribution in [-0.2, 0) is 21.7 Å². The van der Waals surface area contributed by atoms with Crippen molar-refractivity contribution in [2.45, 2.75) is 43.6 Å². The molecule has 1 fully saturated rings. The third-order valence-electron chi connectivity index (χ3n) is 5.82. The van der Waals surface area contributed by atoms with Gasteiger partial charge < -0.3 is 5.32 Å². The van der Waals surface area contributed by atoms with Gasteiger partial charge in [0.05, 0.1) is 22.1 Å². The number of nitrogens with zero attached hydrogens (tertiary/aromatic N) is 2. The summed E-state index contributed by atoms with van der Waals surface area (Å²) in [6.45, 7) is 5.83. The molecule has 10 heteroatoms. The molecule has 7 nitrogen and oxygen atoms in total. The molecule has 0 bridgehead atoms. The number of amides is 1. The summed E-state index contributed by atoms with van der Waals surface area (Å²) in [6, 6.07) is 5.79. The van der Waals surface area contributed by atoms with E-state index in [4.69, 9.17) is 0 Å². The maximum Gasteiger partial charge on any atom is 0.263 e. The van der Waals surface area contributed by atoms with Crippen molar-refractivity contribution in [3.63, 3.8) is 0 Å². The minimum atomic E-state index is -3.07. The number of carbonyl (C=O) groups is 1. The van der Waals surface area contributed by atoms with Crippen molar-refractivity contribution >= 4 is 49.1 Å². The molecule has 0 aliphatic carbocycles. The quantitative estimate of drug-likeness (QED) is 0.435. The van der Waals surface area contributed by atoms with Crippen LogP contribution in [0.2, 0.25) is 0 Å². The Hall–Kier alpha value is -2.17. The van der Waals surface area contributed by atoms with Gasteiger partial charge >= 0.3 is 0 Å². The molecule has 0 spiro atoms. The van der Waals surface area contributed by atoms with Gasteiger partial charge in [0, 0.05) is 24.0 Å². The molecule has 1 saturated heterocycles. The predicted molar refractivity (Wildman–Crippen MR) is 130 cm³/mol. The van der Waals surface area contributed by atoms with E-state index in [1.807, 2.05) is 24.4 Å². The van der Waals surface area contributed by atoms with Crippen LogP contribution in [0.5, 0.6) is 0 Å². The molecule has 4 rings (SSSR count). The van der Waals surface area contributed by atoms with Crippen LogP contribution >= 0.6 is 23.1 Å². The molecule has 1 N–H and O–H groups in total. The molecular formula is C22H25N3O4S3. The third kappa shape index (κ3) is 4.49. The van der Waals surface area contributed by atoms with Crippen molar-refractivity contribution < 1.29 is 13.2 Å². The minimum Gasteiger partial charge on any atom is -0.351 e. The number of rotatable bonds is 5. The lowest BCUT2D eigenvalue weighted by atomic mass is 10.0. The minimum absolute atomic E-state index is 0.0186. The number of benzene rings is 1. The molecule has 2 unspecified atom stereocenters. The van der Waals surface area contributed by atoms with E-state index in [9.17, 15) is 18.0 Å². The Morgan fingerprint density at radius 1 is 1.31 bits per heavy atom. The molecule has 1 aliphatic heterocycles. The number of carbonyl (C=O) groups excluding carboxylic acids is 1. The number of thiophene rings is 1. The number of fused-ring (bicyclic) bond motifs is 1. The number of aromatic nitrogens is 2. The second-order valence-corrected chi connectivity index (χ2v) is 12.7. The summed E-state index contributed by atoms with van der Waals surface area (Å²) < 4.78 is 24.7. The first kappa shape index (κ1) is 23.0. The zero-order valence-electron chi connectivity index (χ0n) is 18.3. The first-order valence-electron chi connectivity index (χ1n) is 10.3. The summed E-state index contributed by atoms with van der Waals surface area (Å²) in [5, 5.41) is 5.28. The van der Waals surface area contributed by atoms with E-state index in [1.54, 1.807) is 14.0 Å². The molecule has 0 saturated carbocycles. The molecule has 2 atom stereocenters. The van der Waals surface area contributed by atoms with Crippen LogP contribution < -0.4 is 10.9 Å². The fourth-order valence-electron chi connectivity index (χ4n) is 3.72. The van der Waals surface area contributed by atoms with Gasteiger partial charge in [0.2, 0.25) is 5.91 Å². The predicted octanol–water partition coefficient (Wildman–Crippen LogP) is 3.06. The van der Waals surface area contributed by atoms with Crippen LogP contribution in [0.25, 0.3) is 21.3 Å². The smallest absolute Gasteiger partial charge is 0.263 e. The number of hydrogen-bond acceptors (Lipinski definition) is 7. The third-order valence-corrected chi connectivity index (χ3v) is 9.61. The summed E-state index contributed by atoms with van der Waals surface area (Å²) >= 11 is 2.61. The summed E-state index contributed by atoms with van der Waals surface area (Å²) in [4.78, 5) is 31.1. The van der Waals surface area contributed by atoms with Crippen molar-refractivity contribution in [2.75, 3.05) is 11.5 Å². The van der Waals surface area contributed by atoms with Gasteiger partial charge in [0.1, 0.15) is 4.83 Å². The largest absolute Gasteiger partial charge is 0.351 e. The molecule has 1 aromatic carbocycles. The molecule has 32 heavy (non-hydrogen) atoms. The Bertz CT molecular complexity index is 1380. The molecule has 170 valence electrons. The van der Waals surface area contributed by atoms with E-state index in [1.165, 1.54) is 33.2 Å². The Kier molecular flexibility index (Phi) is 6.21. The Balaban J connectivity index is 1.59. The normalized spacial score (nSPS) is 18.7. The molecule has 0 radical (unpaired) electrons. The van der Waals surface area contributed by atoms with E-state index in [0.29, 0.717) is 21.8 Å². The topological polar surface area (TPSA) is 98.1 Å². The van der Waals surface area contributed by atoms with Crippen molar-refractivity contribution in [3.8, 4) is 11.1 Å². The van der Waals surface area contributed by atoms with E-state index < -0.39 is 15.1 Å². The highest BCUT2D eigenvalue weighted by atomic mass is 32.2. The second-order valence-electron chi connectivity index (χ2n) is 8.26. The SMILES string of the molecule is Cc1ccc(-c2csc3nc(SC(C)C(=O)NC4CCS(=O)(=O)C4)n(C)c(=O)c23)cc1C. The first-order chi connectivity index (χ1) is 15.1. The first-order valence-corrected chi connectivity index (χ1v) is 13.9. The number of nitrogens with one attached hydrogen (secondary N) is 1. The Morgan fingerprint density at radius 2 is 2.06 bits per heavy atom. The lowest BCUT2D eigenvalue weighted by molar-refractivity contribution is -0.120. The van der Waals surface area contributed by atoms with Gasteiger partial charge in [-0.05, 0) is 43.9 Å². The average molecular weight is 492 g/mol. The van der Waals surface area contributed by atoms with Crippen molar-refractivity contribution in [1.29, 1.82) is 0 Å². The number of hydrogen-bond donors (Lipinski definition) is 1. The maximum absolute atomic E-state index is 13.2. The van der Waals surface area contributed by atoms with Crippen LogP contribution in [0.1, 0.15) is 24.5 Å². The van der Waals surface area contributed by atoms with Crippen LogP contribution in [-0.4, -0.2) is 46.7 Å².